The Kier molecular flexibility index (Phi) is 5.21. The summed E-state index contributed by atoms with van der Waals surface area (Å²) in [6, 6.07) is 2.34. The van der Waals surface area contributed by atoms with Gasteiger partial charge in [-0.3, -0.25) is 0 Å². The minimum absolute atomic E-state index is 0.00694. The quantitative estimate of drug-likeness (QED) is 0.703. The van der Waals surface area contributed by atoms with Crippen LogP contribution in [0.2, 0.25) is 0 Å². The van der Waals surface area contributed by atoms with Crippen molar-refractivity contribution >= 4 is 17.2 Å². The molecule has 0 aromatic carbocycles. The Bertz CT molecular complexity index is 280. The van der Waals surface area contributed by atoms with Crippen LogP contribution in [0.15, 0.2) is 0 Å². The number of likely N-dealkylation sites (tertiary alicyclic amines) is 1. The summed E-state index contributed by atoms with van der Waals surface area (Å²) in [7, 11) is 0. The lowest BCUT2D eigenvalue weighted by atomic mass is 9.88. The Morgan fingerprint density at radius 2 is 2.25 bits per heavy atom. The average Bonchev–Trinajstić information content (AvgIpc) is 2.21. The highest BCUT2D eigenvalue weighted by Crippen LogP contribution is 2.27. The van der Waals surface area contributed by atoms with Crippen LogP contribution in [0.5, 0.6) is 0 Å². The lowest BCUT2D eigenvalue weighted by molar-refractivity contribution is 0.263. The molecule has 3 heteroatoms. The van der Waals surface area contributed by atoms with Crippen molar-refractivity contribution in [1.82, 2.24) is 4.90 Å². The van der Waals surface area contributed by atoms with Crippen molar-refractivity contribution in [1.29, 1.82) is 5.26 Å². The number of rotatable bonds is 4. The van der Waals surface area contributed by atoms with E-state index in [0.29, 0.717) is 0 Å². The maximum Gasteiger partial charge on any atom is 0.117 e. The number of nitriles is 1. The van der Waals surface area contributed by atoms with E-state index in [1.165, 1.54) is 12.8 Å². The van der Waals surface area contributed by atoms with E-state index in [2.05, 4.69) is 31.7 Å². The molecule has 0 saturated carbocycles. The van der Waals surface area contributed by atoms with Crippen molar-refractivity contribution in [2.75, 3.05) is 6.54 Å². The number of hydrogen-bond acceptors (Lipinski definition) is 2. The van der Waals surface area contributed by atoms with Crippen LogP contribution < -0.4 is 0 Å². The molecule has 0 aliphatic carbocycles. The van der Waals surface area contributed by atoms with Gasteiger partial charge in [0.05, 0.1) is 11.1 Å². The monoisotopic (exact) mass is 238 g/mol. The van der Waals surface area contributed by atoms with Crippen LogP contribution in [0.25, 0.3) is 0 Å². The van der Waals surface area contributed by atoms with Gasteiger partial charge in [0.15, 0.2) is 0 Å². The van der Waals surface area contributed by atoms with Gasteiger partial charge in [-0.25, -0.2) is 0 Å². The molecule has 2 atom stereocenters. The standard InChI is InChI=1S/C13H22N2S/c1-4-12(9-14)15-6-5-11(7-10(2)3)8-13(15)16/h10-12H,4-8H2,1-3H3. The molecule has 0 aromatic rings. The van der Waals surface area contributed by atoms with Gasteiger partial charge in [0.1, 0.15) is 6.04 Å². The van der Waals surface area contributed by atoms with Crippen molar-refractivity contribution in [3.63, 3.8) is 0 Å². The van der Waals surface area contributed by atoms with Crippen molar-refractivity contribution in [3.8, 4) is 6.07 Å². The van der Waals surface area contributed by atoms with Gasteiger partial charge in [-0.1, -0.05) is 33.0 Å². The van der Waals surface area contributed by atoms with E-state index in [1.807, 2.05) is 0 Å². The first-order valence-electron chi connectivity index (χ1n) is 6.27. The fourth-order valence-corrected chi connectivity index (χ4v) is 2.95. The lowest BCUT2D eigenvalue weighted by Crippen LogP contribution is -2.43. The van der Waals surface area contributed by atoms with Crippen LogP contribution in [-0.2, 0) is 0 Å². The third-order valence-electron chi connectivity index (χ3n) is 3.28. The molecular formula is C13H22N2S. The molecule has 2 unspecified atom stereocenters. The fraction of sp³-hybridized carbons (Fsp3) is 0.846. The minimum atomic E-state index is -0.00694. The topological polar surface area (TPSA) is 27.0 Å². The van der Waals surface area contributed by atoms with Crippen LogP contribution in [0.1, 0.15) is 46.5 Å². The molecule has 1 aliphatic heterocycles. The van der Waals surface area contributed by atoms with E-state index in [0.717, 1.165) is 36.2 Å². The number of piperidine rings is 1. The SMILES string of the molecule is CCC(C#N)N1CCC(CC(C)C)CC1=S. The van der Waals surface area contributed by atoms with Gasteiger partial charge in [0.2, 0.25) is 0 Å². The number of hydrogen-bond donors (Lipinski definition) is 0. The molecule has 0 spiro atoms. The zero-order valence-electron chi connectivity index (χ0n) is 10.6. The van der Waals surface area contributed by atoms with Crippen molar-refractivity contribution in [3.05, 3.63) is 0 Å². The first kappa shape index (κ1) is 13.4. The Morgan fingerprint density at radius 3 is 2.69 bits per heavy atom. The average molecular weight is 238 g/mol. The summed E-state index contributed by atoms with van der Waals surface area (Å²) in [6.07, 6.45) is 4.32. The molecule has 0 aromatic heterocycles. The normalized spacial score (nSPS) is 23.3. The van der Waals surface area contributed by atoms with Gasteiger partial charge in [-0.15, -0.1) is 0 Å². The summed E-state index contributed by atoms with van der Waals surface area (Å²) in [5.74, 6) is 1.48. The first-order chi connectivity index (χ1) is 7.58. The van der Waals surface area contributed by atoms with Gasteiger partial charge in [-0.05, 0) is 31.1 Å². The largest absolute Gasteiger partial charge is 0.350 e. The van der Waals surface area contributed by atoms with Crippen LogP contribution in [0.4, 0.5) is 0 Å². The van der Waals surface area contributed by atoms with Gasteiger partial charge >= 0.3 is 0 Å². The molecule has 16 heavy (non-hydrogen) atoms. The predicted molar refractivity (Wildman–Crippen MR) is 71.2 cm³/mol. The van der Waals surface area contributed by atoms with Crippen LogP contribution in [0.3, 0.4) is 0 Å². The molecule has 1 heterocycles. The Balaban J connectivity index is 2.52. The summed E-state index contributed by atoms with van der Waals surface area (Å²) >= 11 is 5.44. The third kappa shape index (κ3) is 3.45. The molecule has 0 amide bonds. The molecule has 0 radical (unpaired) electrons. The molecule has 0 bridgehead atoms. The minimum Gasteiger partial charge on any atom is -0.350 e. The van der Waals surface area contributed by atoms with Crippen molar-refractivity contribution in [2.24, 2.45) is 11.8 Å². The van der Waals surface area contributed by atoms with E-state index in [4.69, 9.17) is 17.5 Å². The maximum absolute atomic E-state index is 9.06. The number of thiocarbonyl (C=S) groups is 1. The molecule has 1 fully saturated rings. The molecule has 1 saturated heterocycles. The molecule has 0 N–H and O–H groups in total. The highest BCUT2D eigenvalue weighted by atomic mass is 32.1. The fourth-order valence-electron chi connectivity index (χ4n) is 2.49. The molecule has 1 rings (SSSR count). The lowest BCUT2D eigenvalue weighted by Gasteiger charge is -2.37. The second-order valence-electron chi connectivity index (χ2n) is 5.13. The van der Waals surface area contributed by atoms with E-state index < -0.39 is 0 Å². The van der Waals surface area contributed by atoms with Gasteiger partial charge < -0.3 is 4.90 Å². The van der Waals surface area contributed by atoms with Crippen molar-refractivity contribution < 1.29 is 0 Å². The van der Waals surface area contributed by atoms with Crippen LogP contribution in [0, 0.1) is 23.2 Å². The zero-order chi connectivity index (χ0) is 12.1. The predicted octanol–water partition coefficient (Wildman–Crippen LogP) is 3.37. The number of nitrogens with zero attached hydrogens (tertiary/aromatic N) is 2. The zero-order valence-corrected chi connectivity index (χ0v) is 11.4. The smallest absolute Gasteiger partial charge is 0.117 e. The highest BCUT2D eigenvalue weighted by Gasteiger charge is 2.27. The van der Waals surface area contributed by atoms with Crippen LogP contribution >= 0.6 is 12.2 Å². The summed E-state index contributed by atoms with van der Waals surface area (Å²) in [6.45, 7) is 7.55. The van der Waals surface area contributed by atoms with Crippen LogP contribution in [-0.4, -0.2) is 22.5 Å². The summed E-state index contributed by atoms with van der Waals surface area (Å²) in [5, 5.41) is 9.06. The molecule has 90 valence electrons. The maximum atomic E-state index is 9.06. The third-order valence-corrected chi connectivity index (χ3v) is 3.68. The summed E-state index contributed by atoms with van der Waals surface area (Å²) < 4.78 is 0. The van der Waals surface area contributed by atoms with Gasteiger partial charge in [0.25, 0.3) is 0 Å². The molecule has 2 nitrogen and oxygen atoms in total. The van der Waals surface area contributed by atoms with Crippen molar-refractivity contribution in [2.45, 2.75) is 52.5 Å². The first-order valence-corrected chi connectivity index (χ1v) is 6.68. The second-order valence-corrected chi connectivity index (χ2v) is 5.60. The Morgan fingerprint density at radius 1 is 1.56 bits per heavy atom. The summed E-state index contributed by atoms with van der Waals surface area (Å²) in [4.78, 5) is 3.14. The van der Waals surface area contributed by atoms with E-state index >= 15 is 0 Å². The molecule has 1 aliphatic rings. The van der Waals surface area contributed by atoms with E-state index in [-0.39, 0.29) is 6.04 Å². The Labute approximate surface area is 105 Å². The second kappa shape index (κ2) is 6.20. The van der Waals surface area contributed by atoms with Gasteiger partial charge in [0, 0.05) is 13.0 Å². The van der Waals surface area contributed by atoms with Gasteiger partial charge in [-0.2, -0.15) is 5.26 Å². The summed E-state index contributed by atoms with van der Waals surface area (Å²) in [5.41, 5.74) is 0. The van der Waals surface area contributed by atoms with E-state index in [9.17, 15) is 0 Å². The Hall–Kier alpha value is -0.620. The van der Waals surface area contributed by atoms with E-state index in [1.54, 1.807) is 0 Å². The highest BCUT2D eigenvalue weighted by molar-refractivity contribution is 7.80. The molecular weight excluding hydrogens is 216 g/mol.